The van der Waals surface area contributed by atoms with E-state index in [0.717, 1.165) is 23.3 Å². The molecule has 138 valence electrons. The predicted octanol–water partition coefficient (Wildman–Crippen LogP) is 7.39. The standard InChI is InChI=1S/C25H30F.Y/c1-18-7-9-19(10-8-18)20-11-13-21(14-12-20)23-15-16-24(25(26)17-23)22-5-3-2-4-6-22;/h3-6,15-21H,7-14H2,1H3;/q-1;+3. The molecule has 0 atom stereocenters. The summed E-state index contributed by atoms with van der Waals surface area (Å²) < 4.78 is 14.7. The zero-order chi connectivity index (χ0) is 17.9. The van der Waals surface area contributed by atoms with Gasteiger partial charge in [-0.3, -0.25) is 0 Å². The fourth-order valence-corrected chi connectivity index (χ4v) is 5.27. The summed E-state index contributed by atoms with van der Waals surface area (Å²) in [7, 11) is 0. The molecule has 2 fully saturated rings. The summed E-state index contributed by atoms with van der Waals surface area (Å²) in [4.78, 5) is 0. The van der Waals surface area contributed by atoms with Gasteiger partial charge in [-0.1, -0.05) is 31.9 Å². The van der Waals surface area contributed by atoms with Gasteiger partial charge in [-0.25, -0.2) is 4.39 Å². The van der Waals surface area contributed by atoms with E-state index in [1.54, 1.807) is 6.07 Å². The number of hydrogen-bond acceptors (Lipinski definition) is 0. The van der Waals surface area contributed by atoms with Crippen LogP contribution in [0.15, 0.2) is 42.5 Å². The zero-order valence-corrected chi connectivity index (χ0v) is 19.3. The molecule has 4 rings (SSSR count). The third-order valence-corrected chi connectivity index (χ3v) is 6.99. The quantitative estimate of drug-likeness (QED) is 0.438. The largest absolute Gasteiger partial charge is 3.00 e. The number of rotatable bonds is 3. The molecule has 2 saturated carbocycles. The van der Waals surface area contributed by atoms with E-state index in [1.807, 2.05) is 30.3 Å². The van der Waals surface area contributed by atoms with E-state index >= 15 is 0 Å². The van der Waals surface area contributed by atoms with Gasteiger partial charge in [-0.15, -0.1) is 5.56 Å². The summed E-state index contributed by atoms with van der Waals surface area (Å²) in [5, 5.41) is 0. The van der Waals surface area contributed by atoms with E-state index in [-0.39, 0.29) is 38.5 Å². The maximum absolute atomic E-state index is 14.7. The van der Waals surface area contributed by atoms with Gasteiger partial charge < -0.3 is 0 Å². The minimum atomic E-state index is -0.0860. The number of hydrogen-bond donors (Lipinski definition) is 0. The molecule has 2 aliphatic carbocycles. The molecule has 2 heteroatoms. The first-order valence-electron chi connectivity index (χ1n) is 10.5. The van der Waals surface area contributed by atoms with Crippen LogP contribution in [-0.2, 0) is 32.7 Å². The summed E-state index contributed by atoms with van der Waals surface area (Å²) in [5.74, 6) is 3.27. The van der Waals surface area contributed by atoms with E-state index in [1.165, 1.54) is 56.9 Å². The van der Waals surface area contributed by atoms with Gasteiger partial charge in [0.05, 0.1) is 0 Å². The van der Waals surface area contributed by atoms with Gasteiger partial charge in [0.1, 0.15) is 5.82 Å². The van der Waals surface area contributed by atoms with Crippen LogP contribution in [0.3, 0.4) is 0 Å². The Hall–Kier alpha value is -0.526. The van der Waals surface area contributed by atoms with Crippen molar-refractivity contribution in [3.63, 3.8) is 0 Å². The molecule has 0 heterocycles. The summed E-state index contributed by atoms with van der Waals surface area (Å²) >= 11 is 0. The molecular weight excluding hydrogens is 408 g/mol. The molecule has 0 aliphatic heterocycles. The maximum Gasteiger partial charge on any atom is 3.00 e. The van der Waals surface area contributed by atoms with E-state index in [0.29, 0.717) is 11.5 Å². The van der Waals surface area contributed by atoms with Crippen LogP contribution < -0.4 is 0 Å². The minimum Gasteiger partial charge on any atom is -0.206 e. The van der Waals surface area contributed by atoms with Gasteiger partial charge >= 0.3 is 32.7 Å². The Bertz CT molecular complexity index is 710. The van der Waals surface area contributed by atoms with Gasteiger partial charge in [0, 0.05) is 0 Å². The molecule has 0 aromatic heterocycles. The number of halogens is 1. The summed E-state index contributed by atoms with van der Waals surface area (Å²) in [6.07, 6.45) is 10.9. The maximum atomic E-state index is 14.7. The van der Waals surface area contributed by atoms with Crippen molar-refractivity contribution in [3.8, 4) is 11.1 Å². The van der Waals surface area contributed by atoms with Crippen molar-refractivity contribution in [2.24, 2.45) is 17.8 Å². The van der Waals surface area contributed by atoms with Crippen molar-refractivity contribution in [2.75, 3.05) is 0 Å². The Kier molecular flexibility index (Phi) is 7.68. The van der Waals surface area contributed by atoms with Crippen molar-refractivity contribution < 1.29 is 37.1 Å². The van der Waals surface area contributed by atoms with Crippen LogP contribution in [0, 0.1) is 29.6 Å². The summed E-state index contributed by atoms with van der Waals surface area (Å²) in [5.41, 5.74) is 2.83. The van der Waals surface area contributed by atoms with Crippen molar-refractivity contribution in [1.29, 1.82) is 0 Å². The molecule has 0 bridgehead atoms. The normalized spacial score (nSPS) is 28.4. The first-order chi connectivity index (χ1) is 12.7. The molecule has 0 saturated heterocycles. The molecule has 0 nitrogen and oxygen atoms in total. The van der Waals surface area contributed by atoms with Crippen molar-refractivity contribution >= 4 is 0 Å². The molecule has 2 aromatic carbocycles. The van der Waals surface area contributed by atoms with Crippen molar-refractivity contribution in [1.82, 2.24) is 0 Å². The predicted molar refractivity (Wildman–Crippen MR) is 106 cm³/mol. The average Bonchev–Trinajstić information content (AvgIpc) is 2.69. The second-order valence-corrected chi connectivity index (χ2v) is 8.66. The smallest absolute Gasteiger partial charge is 0.206 e. The van der Waals surface area contributed by atoms with Crippen LogP contribution in [-0.4, -0.2) is 0 Å². The molecule has 0 amide bonds. The first-order valence-corrected chi connectivity index (χ1v) is 10.5. The van der Waals surface area contributed by atoms with Crippen LogP contribution in [0.5, 0.6) is 0 Å². The van der Waals surface area contributed by atoms with Crippen LogP contribution in [0.4, 0.5) is 4.39 Å². The number of benzene rings is 2. The van der Waals surface area contributed by atoms with Gasteiger partial charge in [0.2, 0.25) is 0 Å². The van der Waals surface area contributed by atoms with E-state index in [4.69, 9.17) is 0 Å². The molecule has 0 N–H and O–H groups in total. The SMILES string of the molecule is CC1CCC(C2CCC(c3ccc(-c4cc[c-]cc4)c(F)c3)CC2)CC1.[Y+3]. The van der Waals surface area contributed by atoms with E-state index < -0.39 is 0 Å². The third-order valence-electron chi connectivity index (χ3n) is 6.99. The summed E-state index contributed by atoms with van der Waals surface area (Å²) in [6.45, 7) is 2.40. The Labute approximate surface area is 189 Å². The minimum absolute atomic E-state index is 0. The second kappa shape index (κ2) is 9.79. The topological polar surface area (TPSA) is 0 Å². The van der Waals surface area contributed by atoms with Gasteiger partial charge in [-0.05, 0) is 79.4 Å². The molecule has 0 radical (unpaired) electrons. The molecule has 2 aromatic rings. The van der Waals surface area contributed by atoms with Gasteiger partial charge in [-0.2, -0.15) is 30.3 Å². The Balaban J connectivity index is 0.00000210. The van der Waals surface area contributed by atoms with Crippen molar-refractivity contribution in [3.05, 3.63) is 59.9 Å². The third kappa shape index (κ3) is 5.10. The fraction of sp³-hybridized carbons (Fsp3) is 0.520. The zero-order valence-electron chi connectivity index (χ0n) is 16.5. The van der Waals surface area contributed by atoms with E-state index in [9.17, 15) is 4.39 Å². The van der Waals surface area contributed by atoms with Crippen LogP contribution >= 0.6 is 0 Å². The second-order valence-electron chi connectivity index (χ2n) is 8.66. The van der Waals surface area contributed by atoms with Gasteiger partial charge in [0.15, 0.2) is 0 Å². The Morgan fingerprint density at radius 3 is 2.00 bits per heavy atom. The molecule has 0 unspecified atom stereocenters. The molecule has 2 aliphatic rings. The molecule has 27 heavy (non-hydrogen) atoms. The Morgan fingerprint density at radius 1 is 0.815 bits per heavy atom. The van der Waals surface area contributed by atoms with Gasteiger partial charge in [0.25, 0.3) is 0 Å². The van der Waals surface area contributed by atoms with Crippen LogP contribution in [0.25, 0.3) is 11.1 Å². The first kappa shape index (κ1) is 21.2. The summed E-state index contributed by atoms with van der Waals surface area (Å²) in [6, 6.07) is 16.4. The fourth-order valence-electron chi connectivity index (χ4n) is 5.27. The molecule has 0 spiro atoms. The molecular formula is C25H30FY+2. The average molecular weight is 438 g/mol. The van der Waals surface area contributed by atoms with E-state index in [2.05, 4.69) is 19.1 Å². The monoisotopic (exact) mass is 438 g/mol. The van der Waals surface area contributed by atoms with Crippen molar-refractivity contribution in [2.45, 2.75) is 64.2 Å². The van der Waals surface area contributed by atoms with Crippen LogP contribution in [0.2, 0.25) is 0 Å². The Morgan fingerprint density at radius 2 is 1.41 bits per heavy atom. The van der Waals surface area contributed by atoms with Crippen LogP contribution in [0.1, 0.15) is 69.8 Å².